The maximum absolute atomic E-state index is 3.69. The van der Waals surface area contributed by atoms with Crippen LogP contribution in [0, 0.1) is 6.92 Å². The Hall–Kier alpha value is -1.12. The summed E-state index contributed by atoms with van der Waals surface area (Å²) in [7, 11) is 0. The highest BCUT2D eigenvalue weighted by Crippen LogP contribution is 2.15. The Morgan fingerprint density at radius 1 is 1.00 bits per heavy atom. The number of hydrogen-bond acceptors (Lipinski definition) is 1. The van der Waals surface area contributed by atoms with Crippen molar-refractivity contribution < 1.29 is 0 Å². The zero-order valence-electron chi connectivity index (χ0n) is 12.9. The van der Waals surface area contributed by atoms with Gasteiger partial charge >= 0.3 is 0 Å². The van der Waals surface area contributed by atoms with Crippen molar-refractivity contribution >= 4 is 15.9 Å². The van der Waals surface area contributed by atoms with Crippen LogP contribution in [0.1, 0.15) is 30.0 Å². The van der Waals surface area contributed by atoms with Crippen LogP contribution in [0.5, 0.6) is 0 Å². The van der Waals surface area contributed by atoms with Crippen LogP contribution >= 0.6 is 15.9 Å². The van der Waals surface area contributed by atoms with Crippen molar-refractivity contribution in [3.63, 3.8) is 0 Å². The van der Waals surface area contributed by atoms with Crippen molar-refractivity contribution in [1.29, 1.82) is 0 Å². The lowest BCUT2D eigenvalue weighted by Crippen LogP contribution is -2.33. The summed E-state index contributed by atoms with van der Waals surface area (Å²) in [5, 5.41) is 3.69. The molecule has 0 bridgehead atoms. The Morgan fingerprint density at radius 3 is 2.29 bits per heavy atom. The normalized spacial score (nSPS) is 12.3. The van der Waals surface area contributed by atoms with Gasteiger partial charge in [-0.25, -0.2) is 0 Å². The van der Waals surface area contributed by atoms with Crippen molar-refractivity contribution in [1.82, 2.24) is 5.32 Å². The third kappa shape index (κ3) is 5.64. The summed E-state index contributed by atoms with van der Waals surface area (Å²) in [5.74, 6) is 0. The van der Waals surface area contributed by atoms with E-state index in [-0.39, 0.29) is 0 Å². The first-order valence-electron chi connectivity index (χ1n) is 7.70. The Kier molecular flexibility index (Phi) is 6.47. The molecule has 0 fully saturated rings. The van der Waals surface area contributed by atoms with Gasteiger partial charge in [0.15, 0.2) is 0 Å². The molecule has 2 aromatic carbocycles. The molecule has 21 heavy (non-hydrogen) atoms. The van der Waals surface area contributed by atoms with Gasteiger partial charge in [0.1, 0.15) is 0 Å². The van der Waals surface area contributed by atoms with E-state index in [9.17, 15) is 0 Å². The molecule has 1 unspecified atom stereocenters. The van der Waals surface area contributed by atoms with Crippen molar-refractivity contribution in [3.05, 3.63) is 69.7 Å². The van der Waals surface area contributed by atoms with Crippen LogP contribution in [-0.2, 0) is 12.8 Å². The molecule has 0 saturated heterocycles. The second-order valence-corrected chi connectivity index (χ2v) is 6.59. The Labute approximate surface area is 136 Å². The summed E-state index contributed by atoms with van der Waals surface area (Å²) >= 11 is 3.56. The van der Waals surface area contributed by atoms with Gasteiger partial charge in [0, 0.05) is 10.5 Å². The average molecular weight is 346 g/mol. The summed E-state index contributed by atoms with van der Waals surface area (Å²) in [4.78, 5) is 0. The monoisotopic (exact) mass is 345 g/mol. The molecule has 1 N–H and O–H groups in total. The van der Waals surface area contributed by atoms with E-state index in [1.54, 1.807) is 0 Å². The highest BCUT2D eigenvalue weighted by molar-refractivity contribution is 9.10. The summed E-state index contributed by atoms with van der Waals surface area (Å²) in [6, 6.07) is 17.9. The number of hydrogen-bond donors (Lipinski definition) is 1. The fourth-order valence-corrected chi connectivity index (χ4v) is 3.08. The minimum Gasteiger partial charge on any atom is -0.313 e. The smallest absolute Gasteiger partial charge is 0.0178 e. The summed E-state index contributed by atoms with van der Waals surface area (Å²) in [5.41, 5.74) is 4.13. The van der Waals surface area contributed by atoms with Crippen LogP contribution in [0.2, 0.25) is 0 Å². The molecule has 2 rings (SSSR count). The van der Waals surface area contributed by atoms with Crippen LogP contribution in [0.3, 0.4) is 0 Å². The molecular weight excluding hydrogens is 322 g/mol. The molecule has 0 radical (unpaired) electrons. The van der Waals surface area contributed by atoms with Crippen molar-refractivity contribution in [3.8, 4) is 0 Å². The van der Waals surface area contributed by atoms with Crippen LogP contribution < -0.4 is 5.32 Å². The molecule has 0 saturated carbocycles. The number of halogens is 1. The molecule has 112 valence electrons. The molecule has 0 aliphatic carbocycles. The van der Waals surface area contributed by atoms with Crippen LogP contribution in [0.4, 0.5) is 0 Å². The predicted molar refractivity (Wildman–Crippen MR) is 94.8 cm³/mol. The molecule has 0 aromatic heterocycles. The largest absolute Gasteiger partial charge is 0.313 e. The van der Waals surface area contributed by atoms with Gasteiger partial charge in [-0.1, -0.05) is 64.8 Å². The second-order valence-electron chi connectivity index (χ2n) is 5.68. The molecule has 2 aromatic rings. The SMILES string of the molecule is CCCNC(Cc1cccc(C)c1)Cc1cccc(Br)c1. The van der Waals surface area contributed by atoms with Crippen LogP contribution in [0.25, 0.3) is 0 Å². The molecule has 0 heterocycles. The lowest BCUT2D eigenvalue weighted by molar-refractivity contribution is 0.504. The van der Waals surface area contributed by atoms with Gasteiger partial charge in [-0.3, -0.25) is 0 Å². The topological polar surface area (TPSA) is 12.0 Å². The van der Waals surface area contributed by atoms with Crippen LogP contribution in [0.15, 0.2) is 53.0 Å². The Balaban J connectivity index is 2.06. The van der Waals surface area contributed by atoms with E-state index >= 15 is 0 Å². The first kappa shape index (κ1) is 16.3. The van der Waals surface area contributed by atoms with E-state index in [0.29, 0.717) is 6.04 Å². The van der Waals surface area contributed by atoms with Gasteiger partial charge in [0.05, 0.1) is 0 Å². The first-order chi connectivity index (χ1) is 10.2. The van der Waals surface area contributed by atoms with Gasteiger partial charge in [-0.2, -0.15) is 0 Å². The summed E-state index contributed by atoms with van der Waals surface area (Å²) in [6.07, 6.45) is 3.31. The van der Waals surface area contributed by atoms with Gasteiger partial charge in [-0.15, -0.1) is 0 Å². The summed E-state index contributed by atoms with van der Waals surface area (Å²) in [6.45, 7) is 5.45. The van der Waals surface area contributed by atoms with Crippen LogP contribution in [-0.4, -0.2) is 12.6 Å². The van der Waals surface area contributed by atoms with Gasteiger partial charge < -0.3 is 5.32 Å². The highest BCUT2D eigenvalue weighted by atomic mass is 79.9. The van der Waals surface area contributed by atoms with Gasteiger partial charge in [0.25, 0.3) is 0 Å². The Morgan fingerprint density at radius 2 is 1.67 bits per heavy atom. The van der Waals surface area contributed by atoms with E-state index in [1.165, 1.54) is 23.1 Å². The van der Waals surface area contributed by atoms with E-state index in [0.717, 1.165) is 23.9 Å². The number of rotatable bonds is 7. The zero-order valence-corrected chi connectivity index (χ0v) is 14.5. The van der Waals surface area contributed by atoms with Crippen molar-refractivity contribution in [2.24, 2.45) is 0 Å². The third-order valence-electron chi connectivity index (χ3n) is 3.62. The molecular formula is C19H24BrN. The molecule has 1 nitrogen and oxygen atoms in total. The van der Waals surface area contributed by atoms with E-state index in [2.05, 4.69) is 83.6 Å². The first-order valence-corrected chi connectivity index (χ1v) is 8.50. The quantitative estimate of drug-likeness (QED) is 0.751. The maximum atomic E-state index is 3.69. The van der Waals surface area contributed by atoms with Crippen molar-refractivity contribution in [2.45, 2.75) is 39.2 Å². The maximum Gasteiger partial charge on any atom is 0.0178 e. The second kappa shape index (κ2) is 8.35. The van der Waals surface area contributed by atoms with E-state index in [1.807, 2.05) is 0 Å². The minimum absolute atomic E-state index is 0.487. The van der Waals surface area contributed by atoms with Gasteiger partial charge in [-0.05, 0) is 56.0 Å². The molecule has 0 aliphatic heterocycles. The molecule has 2 heteroatoms. The standard InChI is InChI=1S/C19H24BrN/c1-3-10-21-19(13-16-7-4-6-15(2)11-16)14-17-8-5-9-18(20)12-17/h4-9,11-12,19,21H,3,10,13-14H2,1-2H3. The molecule has 1 atom stereocenters. The van der Waals surface area contributed by atoms with Crippen molar-refractivity contribution in [2.75, 3.05) is 6.54 Å². The molecule has 0 spiro atoms. The molecule has 0 amide bonds. The summed E-state index contributed by atoms with van der Waals surface area (Å²) < 4.78 is 1.16. The highest BCUT2D eigenvalue weighted by Gasteiger charge is 2.10. The zero-order chi connectivity index (χ0) is 15.1. The fourth-order valence-electron chi connectivity index (χ4n) is 2.64. The van der Waals surface area contributed by atoms with E-state index < -0.39 is 0 Å². The number of aryl methyl sites for hydroxylation is 1. The average Bonchev–Trinajstić information content (AvgIpc) is 2.45. The number of nitrogens with one attached hydrogen (secondary N) is 1. The molecule has 0 aliphatic rings. The number of benzene rings is 2. The minimum atomic E-state index is 0.487. The fraction of sp³-hybridized carbons (Fsp3) is 0.368. The van der Waals surface area contributed by atoms with Gasteiger partial charge in [0.2, 0.25) is 0 Å². The Bertz CT molecular complexity index is 517. The predicted octanol–water partition coefficient (Wildman–Crippen LogP) is 4.91. The lowest BCUT2D eigenvalue weighted by Gasteiger charge is -2.19. The third-order valence-corrected chi connectivity index (χ3v) is 4.11. The van der Waals surface area contributed by atoms with E-state index in [4.69, 9.17) is 0 Å². The lowest BCUT2D eigenvalue weighted by atomic mass is 9.98.